The quantitative estimate of drug-likeness (QED) is 0.653. The highest BCUT2D eigenvalue weighted by atomic mass is 35.5. The highest BCUT2D eigenvalue weighted by Crippen LogP contribution is 2.65. The molecule has 2 atom stereocenters. The zero-order valence-corrected chi connectivity index (χ0v) is 19.0. The Labute approximate surface area is 192 Å². The summed E-state index contributed by atoms with van der Waals surface area (Å²) in [7, 11) is 0. The maximum absolute atomic E-state index is 14.0. The SMILES string of the molecule is O=C(CC12CC3CC(C1)C(C3)C2)NCC(=O)N1CCN(Cc2cc(Cl)c(F)cc2F)CC1. The molecule has 8 heteroatoms. The fourth-order valence-corrected chi connectivity index (χ4v) is 7.15. The maximum atomic E-state index is 14.0. The van der Waals surface area contributed by atoms with Crippen LogP contribution in [0.1, 0.15) is 44.1 Å². The van der Waals surface area contributed by atoms with Crippen LogP contribution in [0.3, 0.4) is 0 Å². The normalized spacial score (nSPS) is 31.3. The summed E-state index contributed by atoms with van der Waals surface area (Å²) in [5, 5.41) is 2.77. The molecule has 4 bridgehead atoms. The van der Waals surface area contributed by atoms with Crippen LogP contribution in [0, 0.1) is 34.8 Å². The highest BCUT2D eigenvalue weighted by Gasteiger charge is 2.56. The molecule has 174 valence electrons. The summed E-state index contributed by atoms with van der Waals surface area (Å²) in [6.45, 7) is 2.55. The summed E-state index contributed by atoms with van der Waals surface area (Å²) >= 11 is 5.77. The Morgan fingerprint density at radius 1 is 1.03 bits per heavy atom. The molecular formula is C24H30ClF2N3O2. The molecule has 32 heavy (non-hydrogen) atoms. The first-order chi connectivity index (χ1) is 15.3. The van der Waals surface area contributed by atoms with Gasteiger partial charge in [-0.2, -0.15) is 0 Å². The molecular weight excluding hydrogens is 436 g/mol. The molecule has 5 aliphatic rings. The zero-order valence-electron chi connectivity index (χ0n) is 18.2. The third-order valence-electron chi connectivity index (χ3n) is 8.23. The van der Waals surface area contributed by atoms with Crippen LogP contribution in [-0.4, -0.2) is 54.3 Å². The van der Waals surface area contributed by atoms with E-state index in [4.69, 9.17) is 11.6 Å². The number of halogens is 3. The van der Waals surface area contributed by atoms with E-state index in [-0.39, 0.29) is 28.8 Å². The van der Waals surface area contributed by atoms with Crippen molar-refractivity contribution >= 4 is 23.4 Å². The third kappa shape index (κ3) is 4.38. The molecule has 1 saturated heterocycles. The molecule has 0 spiro atoms. The lowest BCUT2D eigenvalue weighted by molar-refractivity contribution is -0.135. The number of rotatable bonds is 6. The van der Waals surface area contributed by atoms with Gasteiger partial charge in [-0.15, -0.1) is 0 Å². The van der Waals surface area contributed by atoms with Crippen LogP contribution in [0.15, 0.2) is 12.1 Å². The Bertz CT molecular complexity index is 899. The van der Waals surface area contributed by atoms with E-state index in [0.717, 1.165) is 23.8 Å². The predicted molar refractivity (Wildman–Crippen MR) is 117 cm³/mol. The third-order valence-corrected chi connectivity index (χ3v) is 8.52. The van der Waals surface area contributed by atoms with Gasteiger partial charge in [0.2, 0.25) is 11.8 Å². The van der Waals surface area contributed by atoms with Gasteiger partial charge < -0.3 is 10.2 Å². The molecule has 2 unspecified atom stereocenters. The van der Waals surface area contributed by atoms with Crippen molar-refractivity contribution in [2.24, 2.45) is 23.2 Å². The second-order valence-electron chi connectivity index (χ2n) is 10.4. The first-order valence-corrected chi connectivity index (χ1v) is 12.1. The molecule has 1 aliphatic heterocycles. The van der Waals surface area contributed by atoms with Gasteiger partial charge in [0.25, 0.3) is 0 Å². The summed E-state index contributed by atoms with van der Waals surface area (Å²) in [4.78, 5) is 28.9. The van der Waals surface area contributed by atoms with Crippen molar-refractivity contribution in [2.75, 3.05) is 32.7 Å². The number of carbonyl (C=O) groups excluding carboxylic acids is 2. The fraction of sp³-hybridized carbons (Fsp3) is 0.667. The van der Waals surface area contributed by atoms with Gasteiger partial charge in [-0.3, -0.25) is 14.5 Å². The number of amides is 2. The monoisotopic (exact) mass is 465 g/mol. The molecule has 4 aliphatic carbocycles. The van der Waals surface area contributed by atoms with Crippen molar-refractivity contribution in [1.82, 2.24) is 15.1 Å². The number of nitrogens with one attached hydrogen (secondary N) is 1. The summed E-state index contributed by atoms with van der Waals surface area (Å²) in [5.41, 5.74) is 0.533. The van der Waals surface area contributed by atoms with E-state index < -0.39 is 11.6 Å². The van der Waals surface area contributed by atoms with Crippen molar-refractivity contribution in [1.29, 1.82) is 0 Å². The Morgan fingerprint density at radius 2 is 1.72 bits per heavy atom. The predicted octanol–water partition coefficient (Wildman–Crippen LogP) is 3.60. The molecule has 1 aromatic rings. The molecule has 0 radical (unpaired) electrons. The van der Waals surface area contributed by atoms with E-state index in [0.29, 0.717) is 44.7 Å². The summed E-state index contributed by atoms with van der Waals surface area (Å²) in [6.07, 6.45) is 6.85. The van der Waals surface area contributed by atoms with Gasteiger partial charge >= 0.3 is 0 Å². The number of piperazine rings is 1. The minimum atomic E-state index is -0.766. The van der Waals surface area contributed by atoms with Gasteiger partial charge in [0, 0.05) is 50.8 Å². The number of nitrogens with zero attached hydrogens (tertiary/aromatic N) is 2. The molecule has 5 fully saturated rings. The minimum absolute atomic E-state index is 0.00241. The first kappa shape index (κ1) is 22.1. The van der Waals surface area contributed by atoms with Crippen molar-refractivity contribution in [3.8, 4) is 0 Å². The average molecular weight is 466 g/mol. The van der Waals surface area contributed by atoms with Crippen molar-refractivity contribution < 1.29 is 18.4 Å². The molecule has 5 nitrogen and oxygen atoms in total. The van der Waals surface area contributed by atoms with Gasteiger partial charge in [0.05, 0.1) is 11.6 Å². The van der Waals surface area contributed by atoms with Crippen molar-refractivity contribution in [3.63, 3.8) is 0 Å². The Kier molecular flexibility index (Phi) is 5.91. The molecule has 6 rings (SSSR count). The number of hydrogen-bond acceptors (Lipinski definition) is 3. The van der Waals surface area contributed by atoms with Crippen molar-refractivity contribution in [2.45, 2.75) is 45.1 Å². The van der Waals surface area contributed by atoms with Crippen LogP contribution in [0.2, 0.25) is 5.02 Å². The first-order valence-electron chi connectivity index (χ1n) is 11.7. The second-order valence-corrected chi connectivity index (χ2v) is 10.8. The summed E-state index contributed by atoms with van der Waals surface area (Å²) in [5.74, 6) is 1.02. The zero-order chi connectivity index (χ0) is 22.5. The minimum Gasteiger partial charge on any atom is -0.347 e. The van der Waals surface area contributed by atoms with Gasteiger partial charge in [-0.05, 0) is 61.3 Å². The molecule has 0 aromatic heterocycles. The lowest BCUT2D eigenvalue weighted by atomic mass is 9.67. The van der Waals surface area contributed by atoms with Gasteiger partial charge in [0.1, 0.15) is 11.6 Å². The van der Waals surface area contributed by atoms with E-state index in [9.17, 15) is 18.4 Å². The lowest BCUT2D eigenvalue weighted by Gasteiger charge is -2.38. The standard InChI is InChI=1S/C24H30ClF2N3O2/c25-19-7-18(20(26)8-21(19)27)14-29-1-3-30(4-2-29)23(32)13-28-22(31)12-24-9-15-5-16(10-24)17(6-15)11-24/h7-8,15-17H,1-6,9-14H2,(H,28,31). The molecule has 1 N–H and O–H groups in total. The van der Waals surface area contributed by atoms with Gasteiger partial charge in [0.15, 0.2) is 0 Å². The molecule has 1 aromatic carbocycles. The fourth-order valence-electron chi connectivity index (χ4n) is 6.97. The van der Waals surface area contributed by atoms with E-state index in [2.05, 4.69) is 5.32 Å². The number of benzene rings is 1. The molecule has 2 amide bonds. The summed E-state index contributed by atoms with van der Waals surface area (Å²) in [6, 6.07) is 2.13. The van der Waals surface area contributed by atoms with Crippen LogP contribution in [0.5, 0.6) is 0 Å². The lowest BCUT2D eigenvalue weighted by Crippen LogP contribution is -2.51. The van der Waals surface area contributed by atoms with Crippen LogP contribution in [0.4, 0.5) is 8.78 Å². The van der Waals surface area contributed by atoms with E-state index in [1.165, 1.54) is 38.2 Å². The van der Waals surface area contributed by atoms with Crippen LogP contribution >= 0.6 is 11.6 Å². The van der Waals surface area contributed by atoms with Crippen molar-refractivity contribution in [3.05, 3.63) is 34.4 Å². The van der Waals surface area contributed by atoms with Crippen LogP contribution in [-0.2, 0) is 16.1 Å². The van der Waals surface area contributed by atoms with Crippen LogP contribution < -0.4 is 5.32 Å². The second kappa shape index (κ2) is 8.56. The number of carbonyl (C=O) groups is 2. The Hall–Kier alpha value is -1.73. The van der Waals surface area contributed by atoms with Gasteiger partial charge in [-0.25, -0.2) is 8.78 Å². The maximum Gasteiger partial charge on any atom is 0.242 e. The highest BCUT2D eigenvalue weighted by molar-refractivity contribution is 6.30. The molecule has 1 heterocycles. The van der Waals surface area contributed by atoms with Gasteiger partial charge in [-0.1, -0.05) is 11.6 Å². The summed E-state index contributed by atoms with van der Waals surface area (Å²) < 4.78 is 27.3. The van der Waals surface area contributed by atoms with E-state index in [1.807, 2.05) is 4.90 Å². The smallest absolute Gasteiger partial charge is 0.242 e. The Balaban J connectivity index is 1.05. The van der Waals surface area contributed by atoms with Crippen LogP contribution in [0.25, 0.3) is 0 Å². The van der Waals surface area contributed by atoms with E-state index in [1.54, 1.807) is 4.90 Å². The Morgan fingerprint density at radius 3 is 2.38 bits per heavy atom. The number of hydrogen-bond donors (Lipinski definition) is 1. The average Bonchev–Trinajstić information content (AvgIpc) is 3.16. The molecule has 4 saturated carbocycles. The van der Waals surface area contributed by atoms with E-state index >= 15 is 0 Å². The largest absolute Gasteiger partial charge is 0.347 e. The topological polar surface area (TPSA) is 52.7 Å².